The highest BCUT2D eigenvalue weighted by atomic mass is 16.7. The van der Waals surface area contributed by atoms with Crippen LogP contribution in [0.3, 0.4) is 0 Å². The summed E-state index contributed by atoms with van der Waals surface area (Å²) in [6, 6.07) is 2.42. The van der Waals surface area contributed by atoms with Gasteiger partial charge in [0.2, 0.25) is 0 Å². The van der Waals surface area contributed by atoms with Crippen molar-refractivity contribution in [1.82, 2.24) is 14.8 Å². The summed E-state index contributed by atoms with van der Waals surface area (Å²) in [5.74, 6) is -2.57. The maximum atomic E-state index is 14.8. The third kappa shape index (κ3) is 12.6. The highest BCUT2D eigenvalue weighted by Gasteiger charge is 2.54. The van der Waals surface area contributed by atoms with Crippen LogP contribution in [0, 0.1) is 17.8 Å². The molecule has 4 N–H and O–H groups in total. The van der Waals surface area contributed by atoms with Gasteiger partial charge in [0.25, 0.3) is 0 Å². The van der Waals surface area contributed by atoms with Gasteiger partial charge in [-0.15, -0.1) is 6.58 Å². The van der Waals surface area contributed by atoms with E-state index in [0.717, 1.165) is 0 Å². The van der Waals surface area contributed by atoms with Crippen molar-refractivity contribution in [2.75, 3.05) is 46.7 Å². The Morgan fingerprint density at radius 3 is 2.28 bits per heavy atom. The van der Waals surface area contributed by atoms with Crippen molar-refractivity contribution >= 4 is 17.7 Å². The average Bonchev–Trinajstić information content (AvgIpc) is 3.24. The number of hydrogen-bond acceptors (Lipinski definition) is 16. The molecule has 3 aliphatic heterocycles. The number of aliphatic hydroxyl groups excluding tert-OH is 2. The Balaban J connectivity index is 1.89. The number of hydrogen-bond donors (Lipinski definition) is 4. The minimum Gasteiger partial charge on any atom is -0.459 e. The Bertz CT molecular complexity index is 1640. The molecule has 0 spiro atoms. The van der Waals surface area contributed by atoms with Crippen LogP contribution in [0.25, 0.3) is 0 Å². The zero-order chi connectivity index (χ0) is 47.9. The predicted molar refractivity (Wildman–Crippen MR) is 240 cm³/mol. The first-order chi connectivity index (χ1) is 30.0. The summed E-state index contributed by atoms with van der Waals surface area (Å²) >= 11 is 0. The van der Waals surface area contributed by atoms with Gasteiger partial charge in [0.1, 0.15) is 23.9 Å². The largest absolute Gasteiger partial charge is 0.459 e. The molecule has 1 aromatic heterocycles. The Kier molecular flexibility index (Phi) is 19.2. The standard InChI is InChI=1S/C47H80N4O13/c1-16-21-51-26-27(3)23-46(10,58-15)40(63-43-37(52)34(50(12)13)22-28(4)59-43)29(5)38(62-36-24-45(9,57-14)39(53)32(8)60-36)30(6)42(54)61-35(17-2)47(11,56)41(31(51)7)64-44(55)49-33-19-18-20-48-25-33/h16,18-20,25,27-32,34-41,43,52-53,56H,1,17,21-24,26H2,2-15H3,(H,49,55)/t27-,28-,29+,30-,31-,32+,34+,35-,36+,37-,38+,39+,40-,41-,43+,45-,46-,47-/m1/s1. The Hall–Kier alpha value is -2.81. The molecule has 17 nitrogen and oxygen atoms in total. The van der Waals surface area contributed by atoms with Gasteiger partial charge < -0.3 is 58.1 Å². The lowest BCUT2D eigenvalue weighted by Gasteiger charge is -2.49. The van der Waals surface area contributed by atoms with E-state index >= 15 is 0 Å². The lowest BCUT2D eigenvalue weighted by molar-refractivity contribution is -0.319. The second kappa shape index (κ2) is 22.8. The third-order valence-corrected chi connectivity index (χ3v) is 13.9. The number of pyridine rings is 1. The summed E-state index contributed by atoms with van der Waals surface area (Å²) < 4.78 is 51.4. The minimum absolute atomic E-state index is 0.125. The second-order valence-electron chi connectivity index (χ2n) is 19.4. The Morgan fingerprint density at radius 1 is 1.03 bits per heavy atom. The van der Waals surface area contributed by atoms with Crippen molar-refractivity contribution in [3.8, 4) is 0 Å². The lowest BCUT2D eigenvalue weighted by atomic mass is 9.77. The fourth-order valence-corrected chi connectivity index (χ4v) is 10.1. The van der Waals surface area contributed by atoms with Crippen LogP contribution >= 0.6 is 0 Å². The SMILES string of the molecule is C=CCN1C[C@H](C)C[C@@](C)(OC)[C@H](O[C@@H]2O[C@H](C)C[C@H](N(C)C)[C@H]2O)[C@@H](C)[C@H](O[C@H]2C[C@@](C)(OC)[C@@H](O)[C@H](C)O2)[C@@H](C)C(=O)O[C@H](CC)[C@@](C)(O)[C@H](OC(=O)Nc2cccnc2)[C@H]1C. The lowest BCUT2D eigenvalue weighted by Crippen LogP contribution is -2.61. The summed E-state index contributed by atoms with van der Waals surface area (Å²) in [6.45, 7) is 23.0. The smallest absolute Gasteiger partial charge is 0.412 e. The van der Waals surface area contributed by atoms with Crippen LogP contribution < -0.4 is 5.32 Å². The number of ether oxygens (including phenoxy) is 8. The highest BCUT2D eigenvalue weighted by Crippen LogP contribution is 2.41. The van der Waals surface area contributed by atoms with Gasteiger partial charge >= 0.3 is 12.1 Å². The van der Waals surface area contributed by atoms with E-state index in [1.807, 2.05) is 46.7 Å². The van der Waals surface area contributed by atoms with Gasteiger partial charge in [-0.05, 0) is 99.9 Å². The van der Waals surface area contributed by atoms with E-state index < -0.39 is 102 Å². The van der Waals surface area contributed by atoms with Crippen LogP contribution in [0.4, 0.5) is 10.5 Å². The minimum atomic E-state index is -1.93. The van der Waals surface area contributed by atoms with Crippen molar-refractivity contribution < 1.29 is 62.8 Å². The van der Waals surface area contributed by atoms with E-state index in [2.05, 4.69) is 28.7 Å². The molecule has 18 atom stereocenters. The molecule has 4 rings (SSSR count). The fraction of sp³-hybridized carbons (Fsp3) is 0.809. The first-order valence-electron chi connectivity index (χ1n) is 22.9. The predicted octanol–water partition coefficient (Wildman–Crippen LogP) is 4.76. The van der Waals surface area contributed by atoms with Crippen LogP contribution in [0.5, 0.6) is 0 Å². The molecule has 3 aliphatic rings. The number of esters is 1. The number of likely N-dealkylation sites (N-methyl/N-ethyl adjacent to an activating group) is 1. The number of anilines is 1. The van der Waals surface area contributed by atoms with Crippen LogP contribution in [-0.2, 0) is 42.7 Å². The van der Waals surface area contributed by atoms with Crippen LogP contribution in [0.1, 0.15) is 94.9 Å². The number of aliphatic hydroxyl groups is 3. The number of carbonyl (C=O) groups excluding carboxylic acids is 2. The number of nitrogens with one attached hydrogen (secondary N) is 1. The van der Waals surface area contributed by atoms with Crippen molar-refractivity contribution in [1.29, 1.82) is 0 Å². The molecule has 1 aromatic rings. The molecule has 3 fully saturated rings. The van der Waals surface area contributed by atoms with Gasteiger partial charge in [-0.2, -0.15) is 0 Å². The quantitative estimate of drug-likeness (QED) is 0.165. The van der Waals surface area contributed by atoms with Crippen molar-refractivity contribution in [3.05, 3.63) is 37.2 Å². The molecular formula is C47H80N4O13. The molecule has 0 aliphatic carbocycles. The molecule has 0 bridgehead atoms. The van der Waals surface area contributed by atoms with E-state index in [0.29, 0.717) is 31.6 Å². The number of aromatic nitrogens is 1. The summed E-state index contributed by atoms with van der Waals surface area (Å²) in [4.78, 5) is 36.5. The zero-order valence-electron chi connectivity index (χ0n) is 40.8. The number of amides is 1. The summed E-state index contributed by atoms with van der Waals surface area (Å²) in [6.07, 6.45) is -4.06. The number of rotatable bonds is 12. The summed E-state index contributed by atoms with van der Waals surface area (Å²) in [5, 5.41) is 38.3. The summed E-state index contributed by atoms with van der Waals surface area (Å²) in [5.41, 5.74) is -3.69. The van der Waals surface area contributed by atoms with E-state index in [1.165, 1.54) is 20.2 Å². The van der Waals surface area contributed by atoms with Gasteiger partial charge in [0.05, 0.1) is 53.4 Å². The molecule has 0 aromatic carbocycles. The molecule has 0 radical (unpaired) electrons. The van der Waals surface area contributed by atoms with E-state index in [9.17, 15) is 24.9 Å². The van der Waals surface area contributed by atoms with E-state index in [4.69, 9.17) is 37.9 Å². The molecule has 17 heteroatoms. The van der Waals surface area contributed by atoms with Crippen LogP contribution in [-0.4, -0.2) is 174 Å². The maximum absolute atomic E-state index is 14.8. The maximum Gasteiger partial charge on any atom is 0.412 e. The molecule has 0 saturated carbocycles. The van der Waals surface area contributed by atoms with E-state index in [-0.39, 0.29) is 30.9 Å². The molecule has 4 heterocycles. The molecule has 1 amide bonds. The van der Waals surface area contributed by atoms with Crippen molar-refractivity contribution in [2.24, 2.45) is 17.8 Å². The number of cyclic esters (lactones) is 1. The average molecular weight is 909 g/mol. The molecule has 64 heavy (non-hydrogen) atoms. The topological polar surface area (TPSA) is 200 Å². The number of methoxy groups -OCH3 is 2. The van der Waals surface area contributed by atoms with Gasteiger partial charge in [-0.25, -0.2) is 4.79 Å². The molecule has 0 unspecified atom stereocenters. The third-order valence-electron chi connectivity index (χ3n) is 13.9. The fourth-order valence-electron chi connectivity index (χ4n) is 10.1. The Labute approximate surface area is 381 Å². The van der Waals surface area contributed by atoms with Crippen molar-refractivity contribution in [2.45, 2.75) is 185 Å². The normalized spacial score (nSPS) is 42.2. The summed E-state index contributed by atoms with van der Waals surface area (Å²) in [7, 11) is 6.94. The van der Waals surface area contributed by atoms with Gasteiger partial charge in [0, 0.05) is 57.9 Å². The molecular weight excluding hydrogens is 829 g/mol. The van der Waals surface area contributed by atoms with Crippen LogP contribution in [0.2, 0.25) is 0 Å². The molecule has 3 saturated heterocycles. The van der Waals surface area contributed by atoms with Crippen molar-refractivity contribution in [3.63, 3.8) is 0 Å². The van der Waals surface area contributed by atoms with Gasteiger partial charge in [-0.1, -0.05) is 26.8 Å². The second-order valence-corrected chi connectivity index (χ2v) is 19.4. The monoisotopic (exact) mass is 909 g/mol. The number of nitrogens with zero attached hydrogens (tertiary/aromatic N) is 3. The zero-order valence-corrected chi connectivity index (χ0v) is 40.8. The van der Waals surface area contributed by atoms with Crippen LogP contribution in [0.15, 0.2) is 37.2 Å². The van der Waals surface area contributed by atoms with Gasteiger partial charge in [-0.3, -0.25) is 20.0 Å². The van der Waals surface area contributed by atoms with Gasteiger partial charge in [0.15, 0.2) is 18.7 Å². The first kappa shape index (κ1) is 53.8. The molecule has 366 valence electrons. The highest BCUT2D eigenvalue weighted by molar-refractivity contribution is 5.84. The number of carbonyl (C=O) groups is 2. The first-order valence-corrected chi connectivity index (χ1v) is 22.9. The van der Waals surface area contributed by atoms with E-state index in [1.54, 1.807) is 59.2 Å². The Morgan fingerprint density at radius 2 is 1.70 bits per heavy atom.